The zero-order valence-corrected chi connectivity index (χ0v) is 14.3. The number of ether oxygens (including phenoxy) is 1. The summed E-state index contributed by atoms with van der Waals surface area (Å²) in [6.45, 7) is 6.98. The predicted molar refractivity (Wildman–Crippen MR) is 90.3 cm³/mol. The van der Waals surface area contributed by atoms with Gasteiger partial charge in [-0.3, -0.25) is 4.90 Å². The van der Waals surface area contributed by atoms with E-state index in [2.05, 4.69) is 17.1 Å². The fraction of sp³-hybridized carbons (Fsp3) is 0.765. The van der Waals surface area contributed by atoms with Crippen LogP contribution in [0.15, 0.2) is 16.8 Å². The molecule has 124 valence electrons. The van der Waals surface area contributed by atoms with Crippen molar-refractivity contribution >= 4 is 11.3 Å². The molecule has 2 N–H and O–H groups in total. The van der Waals surface area contributed by atoms with Crippen molar-refractivity contribution in [2.75, 3.05) is 32.8 Å². The first-order chi connectivity index (χ1) is 10.7. The van der Waals surface area contributed by atoms with Gasteiger partial charge in [-0.15, -0.1) is 0 Å². The third-order valence-electron chi connectivity index (χ3n) is 5.37. The largest absolute Gasteiger partial charge is 0.387 e. The quantitative estimate of drug-likeness (QED) is 0.873. The number of aliphatic hydroxyl groups excluding tert-OH is 1. The molecule has 0 aromatic carbocycles. The monoisotopic (exact) mass is 324 g/mol. The first-order valence-electron chi connectivity index (χ1n) is 8.44. The van der Waals surface area contributed by atoms with Crippen molar-refractivity contribution in [3.8, 4) is 0 Å². The van der Waals surface area contributed by atoms with Crippen LogP contribution in [0, 0.1) is 0 Å². The Morgan fingerprint density at radius 2 is 2.14 bits per heavy atom. The van der Waals surface area contributed by atoms with Crippen molar-refractivity contribution in [2.45, 2.75) is 50.3 Å². The average Bonchev–Trinajstić information content (AvgIpc) is 3.09. The Hall–Kier alpha value is -0.460. The zero-order valence-electron chi connectivity index (χ0n) is 13.5. The standard InChI is InChI=1S/C17H28N2O2S/c1-17(19-7-9-21-10-8-19)5-2-15(3-6-17)18-12-16(20)14-4-11-22-13-14/h4,11,13,15-16,18,20H,2-3,5-10,12H2,1H3. The van der Waals surface area contributed by atoms with E-state index in [9.17, 15) is 5.11 Å². The maximum atomic E-state index is 10.2. The molecule has 1 saturated carbocycles. The number of morpholine rings is 1. The number of thiophene rings is 1. The van der Waals surface area contributed by atoms with Gasteiger partial charge in [-0.2, -0.15) is 11.3 Å². The first-order valence-corrected chi connectivity index (χ1v) is 9.38. The third-order valence-corrected chi connectivity index (χ3v) is 6.07. The summed E-state index contributed by atoms with van der Waals surface area (Å²) in [5, 5.41) is 17.8. The van der Waals surface area contributed by atoms with Crippen LogP contribution < -0.4 is 5.32 Å². The van der Waals surface area contributed by atoms with Gasteiger partial charge in [0.15, 0.2) is 0 Å². The van der Waals surface area contributed by atoms with Crippen molar-refractivity contribution < 1.29 is 9.84 Å². The Balaban J connectivity index is 1.43. The van der Waals surface area contributed by atoms with Crippen LogP contribution in [0.4, 0.5) is 0 Å². The normalized spacial score (nSPS) is 32.0. The van der Waals surface area contributed by atoms with Gasteiger partial charge in [0.2, 0.25) is 0 Å². The van der Waals surface area contributed by atoms with Gasteiger partial charge >= 0.3 is 0 Å². The minimum absolute atomic E-state index is 0.341. The molecule has 1 atom stereocenters. The van der Waals surface area contributed by atoms with E-state index in [-0.39, 0.29) is 6.10 Å². The lowest BCUT2D eigenvalue weighted by molar-refractivity contribution is -0.0327. The number of rotatable bonds is 5. The van der Waals surface area contributed by atoms with Crippen molar-refractivity contribution in [3.63, 3.8) is 0 Å². The topological polar surface area (TPSA) is 44.7 Å². The number of hydrogen-bond donors (Lipinski definition) is 2. The van der Waals surface area contributed by atoms with Crippen LogP contribution in [-0.2, 0) is 4.74 Å². The molecule has 0 amide bonds. The molecule has 1 aromatic heterocycles. The van der Waals surface area contributed by atoms with Crippen molar-refractivity contribution in [3.05, 3.63) is 22.4 Å². The first kappa shape index (κ1) is 16.4. The summed E-state index contributed by atoms with van der Waals surface area (Å²) in [6.07, 6.45) is 4.49. The van der Waals surface area contributed by atoms with Crippen molar-refractivity contribution in [2.24, 2.45) is 0 Å². The van der Waals surface area contributed by atoms with Crippen LogP contribution in [-0.4, -0.2) is 54.4 Å². The van der Waals surface area contributed by atoms with Crippen LogP contribution in [0.3, 0.4) is 0 Å². The minimum atomic E-state index is -0.376. The molecular formula is C17H28N2O2S. The Labute approximate surface area is 137 Å². The zero-order chi connectivity index (χ0) is 15.4. The molecule has 1 aliphatic carbocycles. The SMILES string of the molecule is CC1(N2CCOCC2)CCC(NCC(O)c2ccsc2)CC1. The molecule has 1 aliphatic heterocycles. The van der Waals surface area contributed by atoms with E-state index < -0.39 is 0 Å². The molecule has 1 unspecified atom stereocenters. The highest BCUT2D eigenvalue weighted by atomic mass is 32.1. The Bertz CT molecular complexity index is 438. The maximum Gasteiger partial charge on any atom is 0.0922 e. The summed E-state index contributed by atoms with van der Waals surface area (Å²) in [4.78, 5) is 2.62. The summed E-state index contributed by atoms with van der Waals surface area (Å²) in [5.74, 6) is 0. The smallest absolute Gasteiger partial charge is 0.0922 e. The van der Waals surface area contributed by atoms with Gasteiger partial charge < -0.3 is 15.2 Å². The Kier molecular flexibility index (Phi) is 5.52. The molecule has 1 aromatic rings. The molecule has 0 radical (unpaired) electrons. The summed E-state index contributed by atoms with van der Waals surface area (Å²) in [7, 11) is 0. The van der Waals surface area contributed by atoms with Gasteiger partial charge in [-0.1, -0.05) is 0 Å². The molecule has 2 heterocycles. The van der Waals surface area contributed by atoms with E-state index in [0.717, 1.165) is 31.9 Å². The van der Waals surface area contributed by atoms with Gasteiger partial charge in [-0.25, -0.2) is 0 Å². The molecule has 1 saturated heterocycles. The van der Waals surface area contributed by atoms with Crippen LogP contribution in [0.2, 0.25) is 0 Å². The minimum Gasteiger partial charge on any atom is -0.387 e. The lowest BCUT2D eigenvalue weighted by Gasteiger charge is -2.47. The third kappa shape index (κ3) is 3.89. The van der Waals surface area contributed by atoms with Gasteiger partial charge in [0.05, 0.1) is 19.3 Å². The molecule has 0 spiro atoms. The van der Waals surface area contributed by atoms with E-state index >= 15 is 0 Å². The van der Waals surface area contributed by atoms with Gasteiger partial charge in [-0.05, 0) is 55.0 Å². The molecule has 4 nitrogen and oxygen atoms in total. The van der Waals surface area contributed by atoms with Crippen molar-refractivity contribution in [1.82, 2.24) is 10.2 Å². The van der Waals surface area contributed by atoms with E-state index in [0.29, 0.717) is 18.1 Å². The van der Waals surface area contributed by atoms with E-state index in [1.807, 2.05) is 16.8 Å². The Morgan fingerprint density at radius 3 is 2.77 bits per heavy atom. The van der Waals surface area contributed by atoms with E-state index in [1.54, 1.807) is 11.3 Å². The van der Waals surface area contributed by atoms with Crippen LogP contribution in [0.1, 0.15) is 44.3 Å². The molecule has 3 rings (SSSR count). The van der Waals surface area contributed by atoms with Crippen LogP contribution >= 0.6 is 11.3 Å². The van der Waals surface area contributed by atoms with Crippen molar-refractivity contribution in [1.29, 1.82) is 0 Å². The van der Waals surface area contributed by atoms with Gasteiger partial charge in [0, 0.05) is 31.2 Å². The molecule has 22 heavy (non-hydrogen) atoms. The number of nitrogens with zero attached hydrogens (tertiary/aromatic N) is 1. The van der Waals surface area contributed by atoms with Crippen LogP contribution in [0.5, 0.6) is 0 Å². The van der Waals surface area contributed by atoms with E-state index in [4.69, 9.17) is 4.74 Å². The fourth-order valence-corrected chi connectivity index (χ4v) is 4.43. The molecule has 5 heteroatoms. The molecule has 0 bridgehead atoms. The number of hydrogen-bond acceptors (Lipinski definition) is 5. The average molecular weight is 324 g/mol. The second-order valence-corrected chi connectivity index (χ2v) is 7.63. The lowest BCUT2D eigenvalue weighted by Crippen LogP contribution is -2.54. The predicted octanol–water partition coefficient (Wildman–Crippen LogP) is 2.40. The molecule has 2 aliphatic rings. The number of aliphatic hydroxyl groups is 1. The highest BCUT2D eigenvalue weighted by Crippen LogP contribution is 2.34. The van der Waals surface area contributed by atoms with Crippen LogP contribution in [0.25, 0.3) is 0 Å². The number of nitrogens with one attached hydrogen (secondary N) is 1. The summed E-state index contributed by atoms with van der Waals surface area (Å²) in [6, 6.07) is 2.55. The lowest BCUT2D eigenvalue weighted by atomic mass is 9.79. The molecule has 2 fully saturated rings. The van der Waals surface area contributed by atoms with Gasteiger partial charge in [0.1, 0.15) is 0 Å². The summed E-state index contributed by atoms with van der Waals surface area (Å²) >= 11 is 1.64. The second-order valence-electron chi connectivity index (χ2n) is 6.85. The summed E-state index contributed by atoms with van der Waals surface area (Å²) < 4.78 is 5.48. The highest BCUT2D eigenvalue weighted by molar-refractivity contribution is 7.07. The summed E-state index contributed by atoms with van der Waals surface area (Å²) in [5.41, 5.74) is 1.37. The Morgan fingerprint density at radius 1 is 1.41 bits per heavy atom. The van der Waals surface area contributed by atoms with Gasteiger partial charge in [0.25, 0.3) is 0 Å². The molecular weight excluding hydrogens is 296 g/mol. The fourth-order valence-electron chi connectivity index (χ4n) is 3.72. The second kappa shape index (κ2) is 7.41. The highest BCUT2D eigenvalue weighted by Gasteiger charge is 2.36. The van der Waals surface area contributed by atoms with E-state index in [1.165, 1.54) is 25.7 Å². The maximum absolute atomic E-state index is 10.2.